The maximum atomic E-state index is 13.2. The standard InChI is InChI=1S/C21H18FNO2/c1-3-20(24)16-5-4-6-18(12-16)23-13-19(14(2)11-21(23)25)15-7-9-17(22)10-8-15/h4-13H,3H2,1-2H3. The normalized spacial score (nSPS) is 10.7. The summed E-state index contributed by atoms with van der Waals surface area (Å²) in [5.41, 5.74) is 3.52. The van der Waals surface area contributed by atoms with Crippen molar-refractivity contribution in [1.82, 2.24) is 4.57 Å². The number of hydrogen-bond donors (Lipinski definition) is 0. The Labute approximate surface area is 145 Å². The van der Waals surface area contributed by atoms with Crippen LogP contribution in [-0.4, -0.2) is 10.4 Å². The van der Waals surface area contributed by atoms with Crippen LogP contribution in [0.5, 0.6) is 0 Å². The van der Waals surface area contributed by atoms with Crippen molar-refractivity contribution in [2.45, 2.75) is 20.3 Å². The molecule has 1 aromatic heterocycles. The highest BCUT2D eigenvalue weighted by Gasteiger charge is 2.10. The van der Waals surface area contributed by atoms with E-state index >= 15 is 0 Å². The van der Waals surface area contributed by atoms with Crippen molar-refractivity contribution in [2.75, 3.05) is 0 Å². The first kappa shape index (κ1) is 16.8. The van der Waals surface area contributed by atoms with Crippen molar-refractivity contribution < 1.29 is 9.18 Å². The minimum Gasteiger partial charge on any atom is -0.294 e. The molecule has 0 amide bonds. The van der Waals surface area contributed by atoms with E-state index in [-0.39, 0.29) is 17.2 Å². The second kappa shape index (κ2) is 6.85. The Morgan fingerprint density at radius 3 is 2.48 bits per heavy atom. The van der Waals surface area contributed by atoms with Crippen LogP contribution in [0.15, 0.2) is 65.6 Å². The summed E-state index contributed by atoms with van der Waals surface area (Å²) in [7, 11) is 0. The fourth-order valence-electron chi connectivity index (χ4n) is 2.79. The largest absolute Gasteiger partial charge is 0.294 e. The van der Waals surface area contributed by atoms with E-state index in [0.717, 1.165) is 16.7 Å². The molecule has 0 atom stereocenters. The van der Waals surface area contributed by atoms with Crippen molar-refractivity contribution in [2.24, 2.45) is 0 Å². The van der Waals surface area contributed by atoms with Gasteiger partial charge in [0.15, 0.2) is 5.78 Å². The van der Waals surface area contributed by atoms with Gasteiger partial charge in [-0.3, -0.25) is 14.2 Å². The summed E-state index contributed by atoms with van der Waals surface area (Å²) in [5, 5.41) is 0. The number of rotatable bonds is 4. The summed E-state index contributed by atoms with van der Waals surface area (Å²) < 4.78 is 14.7. The third-order valence-electron chi connectivity index (χ3n) is 4.18. The molecule has 0 aliphatic rings. The predicted molar refractivity (Wildman–Crippen MR) is 96.8 cm³/mol. The lowest BCUT2D eigenvalue weighted by atomic mass is 10.0. The van der Waals surface area contributed by atoms with Crippen LogP contribution in [0.1, 0.15) is 29.3 Å². The van der Waals surface area contributed by atoms with Crippen LogP contribution in [0.3, 0.4) is 0 Å². The van der Waals surface area contributed by atoms with E-state index in [9.17, 15) is 14.0 Å². The molecule has 3 rings (SSSR count). The first-order valence-corrected chi connectivity index (χ1v) is 8.12. The number of Topliss-reactive ketones (excluding diaryl/α,β-unsaturated/α-hetero) is 1. The van der Waals surface area contributed by atoms with E-state index < -0.39 is 0 Å². The fraction of sp³-hybridized carbons (Fsp3) is 0.143. The van der Waals surface area contributed by atoms with Crippen LogP contribution < -0.4 is 5.56 Å². The highest BCUT2D eigenvalue weighted by atomic mass is 19.1. The minimum atomic E-state index is -0.305. The third-order valence-corrected chi connectivity index (χ3v) is 4.18. The van der Waals surface area contributed by atoms with Gasteiger partial charge >= 0.3 is 0 Å². The second-order valence-corrected chi connectivity index (χ2v) is 5.91. The number of halogens is 1. The summed E-state index contributed by atoms with van der Waals surface area (Å²) >= 11 is 0. The number of aryl methyl sites for hydroxylation is 1. The molecule has 0 aliphatic carbocycles. The number of carbonyl (C=O) groups excluding carboxylic acids is 1. The Morgan fingerprint density at radius 1 is 1.08 bits per heavy atom. The maximum absolute atomic E-state index is 13.2. The van der Waals surface area contributed by atoms with Gasteiger partial charge in [0.25, 0.3) is 5.56 Å². The molecule has 25 heavy (non-hydrogen) atoms. The molecular weight excluding hydrogens is 317 g/mol. The Bertz CT molecular complexity index is 988. The van der Waals surface area contributed by atoms with E-state index in [4.69, 9.17) is 0 Å². The number of ketones is 1. The van der Waals surface area contributed by atoms with E-state index in [1.807, 2.05) is 6.92 Å². The molecule has 4 heteroatoms. The predicted octanol–water partition coefficient (Wildman–Crippen LogP) is 4.54. The molecule has 0 saturated heterocycles. The minimum absolute atomic E-state index is 0.0285. The van der Waals surface area contributed by atoms with Crippen molar-refractivity contribution in [3.05, 3.63) is 88.1 Å². The van der Waals surface area contributed by atoms with Gasteiger partial charge in [0, 0.05) is 35.5 Å². The smallest absolute Gasteiger partial charge is 0.255 e. The van der Waals surface area contributed by atoms with E-state index in [1.165, 1.54) is 16.7 Å². The van der Waals surface area contributed by atoms with Gasteiger partial charge in [0.1, 0.15) is 5.82 Å². The van der Waals surface area contributed by atoms with E-state index in [2.05, 4.69) is 0 Å². The molecule has 3 aromatic rings. The van der Waals surface area contributed by atoms with Crippen LogP contribution in [0.25, 0.3) is 16.8 Å². The third kappa shape index (κ3) is 3.43. The van der Waals surface area contributed by atoms with Gasteiger partial charge in [-0.25, -0.2) is 4.39 Å². The van der Waals surface area contributed by atoms with Crippen LogP contribution in [0.4, 0.5) is 4.39 Å². The van der Waals surface area contributed by atoms with Crippen LogP contribution in [0.2, 0.25) is 0 Å². The van der Waals surface area contributed by atoms with E-state index in [0.29, 0.717) is 17.7 Å². The number of pyridine rings is 1. The average molecular weight is 335 g/mol. The summed E-state index contributed by atoms with van der Waals surface area (Å²) in [5.74, 6) is -0.277. The van der Waals surface area contributed by atoms with Crippen molar-refractivity contribution >= 4 is 5.78 Å². The van der Waals surface area contributed by atoms with Crippen LogP contribution in [-0.2, 0) is 0 Å². The molecule has 0 saturated carbocycles. The lowest BCUT2D eigenvalue weighted by Gasteiger charge is -2.12. The Morgan fingerprint density at radius 2 is 1.80 bits per heavy atom. The molecule has 126 valence electrons. The van der Waals surface area contributed by atoms with Crippen molar-refractivity contribution in [3.63, 3.8) is 0 Å². The monoisotopic (exact) mass is 335 g/mol. The summed E-state index contributed by atoms with van der Waals surface area (Å²) in [4.78, 5) is 24.4. The van der Waals surface area contributed by atoms with Gasteiger partial charge in [0.05, 0.1) is 0 Å². The molecule has 0 unspecified atom stereocenters. The highest BCUT2D eigenvalue weighted by Crippen LogP contribution is 2.23. The number of carbonyl (C=O) groups is 1. The molecule has 0 spiro atoms. The van der Waals surface area contributed by atoms with Crippen LogP contribution >= 0.6 is 0 Å². The molecule has 3 nitrogen and oxygen atoms in total. The fourth-order valence-corrected chi connectivity index (χ4v) is 2.79. The summed E-state index contributed by atoms with van der Waals surface area (Å²) in [6.07, 6.45) is 2.15. The topological polar surface area (TPSA) is 39.1 Å². The zero-order valence-electron chi connectivity index (χ0n) is 14.1. The average Bonchev–Trinajstić information content (AvgIpc) is 2.62. The van der Waals surface area contributed by atoms with Gasteiger partial charge in [-0.1, -0.05) is 31.2 Å². The Balaban J connectivity index is 2.14. The quantitative estimate of drug-likeness (QED) is 0.656. The highest BCUT2D eigenvalue weighted by molar-refractivity contribution is 5.96. The molecule has 0 N–H and O–H groups in total. The number of aromatic nitrogens is 1. The SMILES string of the molecule is CCC(=O)c1cccc(-n2cc(-c3ccc(F)cc3)c(C)cc2=O)c1. The Hall–Kier alpha value is -3.01. The number of benzene rings is 2. The van der Waals surface area contributed by atoms with Gasteiger partial charge in [-0.05, 0) is 42.3 Å². The summed E-state index contributed by atoms with van der Waals surface area (Å²) in [6, 6.07) is 14.7. The van der Waals surface area contributed by atoms with Gasteiger partial charge in [-0.2, -0.15) is 0 Å². The first-order valence-electron chi connectivity index (χ1n) is 8.12. The second-order valence-electron chi connectivity index (χ2n) is 5.91. The lowest BCUT2D eigenvalue weighted by Crippen LogP contribution is -2.18. The van der Waals surface area contributed by atoms with Crippen molar-refractivity contribution in [3.8, 4) is 16.8 Å². The molecule has 0 fully saturated rings. The van der Waals surface area contributed by atoms with Crippen molar-refractivity contribution in [1.29, 1.82) is 0 Å². The maximum Gasteiger partial charge on any atom is 0.255 e. The number of nitrogens with zero attached hydrogens (tertiary/aromatic N) is 1. The van der Waals surface area contributed by atoms with Gasteiger partial charge < -0.3 is 0 Å². The molecule has 0 aliphatic heterocycles. The van der Waals surface area contributed by atoms with Crippen LogP contribution in [0, 0.1) is 12.7 Å². The zero-order chi connectivity index (χ0) is 18.0. The molecule has 1 heterocycles. The molecular formula is C21H18FNO2. The first-order chi connectivity index (χ1) is 12.0. The van der Waals surface area contributed by atoms with Gasteiger partial charge in [-0.15, -0.1) is 0 Å². The van der Waals surface area contributed by atoms with E-state index in [1.54, 1.807) is 55.6 Å². The molecule has 2 aromatic carbocycles. The van der Waals surface area contributed by atoms with Gasteiger partial charge in [0.2, 0.25) is 0 Å². The summed E-state index contributed by atoms with van der Waals surface area (Å²) in [6.45, 7) is 3.65. The molecule has 0 radical (unpaired) electrons. The number of hydrogen-bond acceptors (Lipinski definition) is 2. The Kier molecular flexibility index (Phi) is 4.61. The zero-order valence-corrected chi connectivity index (χ0v) is 14.1. The lowest BCUT2D eigenvalue weighted by molar-refractivity contribution is 0.0988. The molecule has 0 bridgehead atoms.